The third kappa shape index (κ3) is 1.45. The molecule has 0 unspecified atom stereocenters. The minimum absolute atomic E-state index is 0.0434. The lowest BCUT2D eigenvalue weighted by Crippen LogP contribution is -2.14. The van der Waals surface area contributed by atoms with Gasteiger partial charge in [-0.1, -0.05) is 19.3 Å². The molecule has 2 heteroatoms. The summed E-state index contributed by atoms with van der Waals surface area (Å²) in [7, 11) is 0. The molecular formula is C9H14O2. The number of epoxide rings is 1. The maximum absolute atomic E-state index is 10.3. The van der Waals surface area contributed by atoms with Crippen LogP contribution in [0.4, 0.5) is 0 Å². The van der Waals surface area contributed by atoms with Crippen LogP contribution in [0.15, 0.2) is 0 Å². The minimum Gasteiger partial charge on any atom is -0.361 e. The molecule has 0 spiro atoms. The SMILES string of the molecule is O=C[C@H]1O[C@@H]1C1CCCCC1. The molecular weight excluding hydrogens is 140 g/mol. The molecule has 0 aromatic rings. The number of hydrogen-bond acceptors (Lipinski definition) is 2. The fraction of sp³-hybridized carbons (Fsp3) is 0.889. The summed E-state index contributed by atoms with van der Waals surface area (Å²) in [5.41, 5.74) is 0. The van der Waals surface area contributed by atoms with Gasteiger partial charge in [0.15, 0.2) is 6.29 Å². The summed E-state index contributed by atoms with van der Waals surface area (Å²) in [6, 6.07) is 0. The lowest BCUT2D eigenvalue weighted by molar-refractivity contribution is -0.108. The van der Waals surface area contributed by atoms with E-state index in [4.69, 9.17) is 4.74 Å². The van der Waals surface area contributed by atoms with Gasteiger partial charge in [0.05, 0.1) is 6.10 Å². The van der Waals surface area contributed by atoms with Crippen LogP contribution in [0.3, 0.4) is 0 Å². The first-order valence-corrected chi connectivity index (χ1v) is 4.52. The summed E-state index contributed by atoms with van der Waals surface area (Å²) in [6.45, 7) is 0. The second-order valence-electron chi connectivity index (χ2n) is 3.60. The zero-order valence-corrected chi connectivity index (χ0v) is 6.66. The molecule has 1 aliphatic carbocycles. The van der Waals surface area contributed by atoms with Crippen LogP contribution in [0.25, 0.3) is 0 Å². The van der Waals surface area contributed by atoms with Crippen molar-refractivity contribution in [3.63, 3.8) is 0 Å². The Morgan fingerprint density at radius 3 is 2.45 bits per heavy atom. The van der Waals surface area contributed by atoms with E-state index in [2.05, 4.69) is 0 Å². The lowest BCUT2D eigenvalue weighted by atomic mass is 9.86. The Balaban J connectivity index is 1.81. The van der Waals surface area contributed by atoms with Crippen LogP contribution in [0, 0.1) is 5.92 Å². The Kier molecular flexibility index (Phi) is 1.95. The molecule has 0 aromatic heterocycles. The zero-order chi connectivity index (χ0) is 7.68. The van der Waals surface area contributed by atoms with Crippen molar-refractivity contribution in [3.8, 4) is 0 Å². The number of aldehydes is 1. The summed E-state index contributed by atoms with van der Waals surface area (Å²) >= 11 is 0. The standard InChI is InChI=1S/C9H14O2/c10-6-8-9(11-8)7-4-2-1-3-5-7/h6-9H,1-5H2/t8-,9-/m1/s1. The van der Waals surface area contributed by atoms with E-state index in [0.717, 1.165) is 6.29 Å². The minimum atomic E-state index is -0.0434. The maximum Gasteiger partial charge on any atom is 0.151 e. The van der Waals surface area contributed by atoms with Gasteiger partial charge in [0, 0.05) is 0 Å². The van der Waals surface area contributed by atoms with E-state index in [1.165, 1.54) is 32.1 Å². The fourth-order valence-corrected chi connectivity index (χ4v) is 2.09. The van der Waals surface area contributed by atoms with E-state index in [1.807, 2.05) is 0 Å². The van der Waals surface area contributed by atoms with Crippen LogP contribution in [0.2, 0.25) is 0 Å². The molecule has 0 aromatic carbocycles. The highest BCUT2D eigenvalue weighted by atomic mass is 16.6. The summed E-state index contributed by atoms with van der Waals surface area (Å²) in [5, 5.41) is 0. The van der Waals surface area contributed by atoms with Crippen molar-refractivity contribution >= 4 is 6.29 Å². The van der Waals surface area contributed by atoms with Gasteiger partial charge in [0.25, 0.3) is 0 Å². The number of carbonyl (C=O) groups excluding carboxylic acids is 1. The van der Waals surface area contributed by atoms with Crippen LogP contribution in [0.5, 0.6) is 0 Å². The predicted molar refractivity (Wildman–Crippen MR) is 41.3 cm³/mol. The molecule has 2 nitrogen and oxygen atoms in total. The van der Waals surface area contributed by atoms with Crippen molar-refractivity contribution in [1.29, 1.82) is 0 Å². The zero-order valence-electron chi connectivity index (χ0n) is 6.66. The van der Waals surface area contributed by atoms with Crippen molar-refractivity contribution in [2.45, 2.75) is 44.3 Å². The van der Waals surface area contributed by atoms with Crippen LogP contribution in [-0.4, -0.2) is 18.5 Å². The van der Waals surface area contributed by atoms with Crippen LogP contribution < -0.4 is 0 Å². The van der Waals surface area contributed by atoms with Crippen molar-refractivity contribution in [3.05, 3.63) is 0 Å². The third-order valence-electron chi connectivity index (χ3n) is 2.81. The second-order valence-corrected chi connectivity index (χ2v) is 3.60. The van der Waals surface area contributed by atoms with E-state index in [0.29, 0.717) is 12.0 Å². The Morgan fingerprint density at radius 1 is 1.18 bits per heavy atom. The van der Waals surface area contributed by atoms with Gasteiger partial charge in [-0.25, -0.2) is 0 Å². The monoisotopic (exact) mass is 154 g/mol. The first-order valence-electron chi connectivity index (χ1n) is 4.52. The second kappa shape index (κ2) is 2.94. The summed E-state index contributed by atoms with van der Waals surface area (Å²) in [6.07, 6.45) is 7.77. The van der Waals surface area contributed by atoms with Gasteiger partial charge >= 0.3 is 0 Å². The predicted octanol–water partition coefficient (Wildman–Crippen LogP) is 1.53. The van der Waals surface area contributed by atoms with Crippen molar-refractivity contribution in [2.24, 2.45) is 5.92 Å². The first kappa shape index (κ1) is 7.29. The Morgan fingerprint density at radius 2 is 1.91 bits per heavy atom. The Labute approximate surface area is 66.9 Å². The van der Waals surface area contributed by atoms with Gasteiger partial charge in [0.2, 0.25) is 0 Å². The van der Waals surface area contributed by atoms with Crippen molar-refractivity contribution in [2.75, 3.05) is 0 Å². The molecule has 2 fully saturated rings. The molecule has 2 atom stereocenters. The smallest absolute Gasteiger partial charge is 0.151 e. The summed E-state index contributed by atoms with van der Waals surface area (Å²) < 4.78 is 5.24. The number of rotatable bonds is 2. The highest BCUT2D eigenvalue weighted by molar-refractivity contribution is 5.60. The van der Waals surface area contributed by atoms with Gasteiger partial charge in [-0.05, 0) is 18.8 Å². The van der Waals surface area contributed by atoms with Gasteiger partial charge in [-0.15, -0.1) is 0 Å². The Bertz CT molecular complexity index is 150. The van der Waals surface area contributed by atoms with E-state index < -0.39 is 0 Å². The third-order valence-corrected chi connectivity index (χ3v) is 2.81. The molecule has 0 radical (unpaired) electrons. The van der Waals surface area contributed by atoms with Gasteiger partial charge in [0.1, 0.15) is 6.10 Å². The molecule has 1 saturated heterocycles. The van der Waals surface area contributed by atoms with Crippen molar-refractivity contribution < 1.29 is 9.53 Å². The van der Waals surface area contributed by atoms with E-state index in [1.54, 1.807) is 0 Å². The highest BCUT2D eigenvalue weighted by Gasteiger charge is 2.44. The fourth-order valence-electron chi connectivity index (χ4n) is 2.09. The van der Waals surface area contributed by atoms with E-state index in [-0.39, 0.29) is 6.10 Å². The normalized spacial score (nSPS) is 38.5. The molecule has 1 saturated carbocycles. The van der Waals surface area contributed by atoms with Crippen molar-refractivity contribution in [1.82, 2.24) is 0 Å². The molecule has 2 rings (SSSR count). The molecule has 0 N–H and O–H groups in total. The van der Waals surface area contributed by atoms with Gasteiger partial charge in [-0.2, -0.15) is 0 Å². The molecule has 2 aliphatic rings. The average molecular weight is 154 g/mol. The highest BCUT2D eigenvalue weighted by Crippen LogP contribution is 2.37. The topological polar surface area (TPSA) is 29.6 Å². The van der Waals surface area contributed by atoms with Crippen LogP contribution in [-0.2, 0) is 9.53 Å². The van der Waals surface area contributed by atoms with E-state index in [9.17, 15) is 4.79 Å². The molecule has 11 heavy (non-hydrogen) atoms. The summed E-state index contributed by atoms with van der Waals surface area (Å²) in [5.74, 6) is 0.693. The lowest BCUT2D eigenvalue weighted by Gasteiger charge is -2.18. The Hall–Kier alpha value is -0.370. The molecule has 1 aliphatic heterocycles. The van der Waals surface area contributed by atoms with Gasteiger partial charge < -0.3 is 9.53 Å². The molecule has 62 valence electrons. The molecule has 0 amide bonds. The molecule has 0 bridgehead atoms. The quantitative estimate of drug-likeness (QED) is 0.446. The summed E-state index contributed by atoms with van der Waals surface area (Å²) in [4.78, 5) is 10.3. The first-order chi connectivity index (χ1) is 5.42. The largest absolute Gasteiger partial charge is 0.361 e. The number of hydrogen-bond donors (Lipinski definition) is 0. The van der Waals surface area contributed by atoms with Crippen LogP contribution >= 0.6 is 0 Å². The van der Waals surface area contributed by atoms with Crippen LogP contribution in [0.1, 0.15) is 32.1 Å². The maximum atomic E-state index is 10.3. The van der Waals surface area contributed by atoms with Gasteiger partial charge in [-0.3, -0.25) is 0 Å². The molecule has 1 heterocycles. The number of ether oxygens (including phenoxy) is 1. The average Bonchev–Trinajstić information content (AvgIpc) is 2.85. The van der Waals surface area contributed by atoms with E-state index >= 15 is 0 Å². The number of carbonyl (C=O) groups is 1.